The predicted octanol–water partition coefficient (Wildman–Crippen LogP) is 2.02. The van der Waals surface area contributed by atoms with E-state index in [1.54, 1.807) is 0 Å². The molecule has 0 aromatic heterocycles. The maximum Gasteiger partial charge on any atom is 0.239 e. The van der Waals surface area contributed by atoms with Gasteiger partial charge in [0.1, 0.15) is 0 Å². The molecular formula is C23H37N5O2. The smallest absolute Gasteiger partial charge is 0.239 e. The van der Waals surface area contributed by atoms with Gasteiger partial charge in [0, 0.05) is 32.2 Å². The van der Waals surface area contributed by atoms with Gasteiger partial charge < -0.3 is 20.7 Å². The molecule has 7 nitrogen and oxygen atoms in total. The fourth-order valence-corrected chi connectivity index (χ4v) is 4.06. The minimum absolute atomic E-state index is 0.0419. The van der Waals surface area contributed by atoms with Crippen molar-refractivity contribution in [2.75, 3.05) is 39.4 Å². The maximum atomic E-state index is 12.3. The zero-order valence-corrected chi connectivity index (χ0v) is 18.3. The molecule has 1 saturated carbocycles. The standard InChI is InChI=1S/C23H37N5O2/c1-2-24-23(26-17-22(29)27-21-10-4-3-5-11-21)25-16-19-8-6-7-9-20(19)18-28-12-14-30-15-13-28/h6-9,21H,2-5,10-18H2,1H3,(H,27,29)(H2,24,25,26). The van der Waals surface area contributed by atoms with Crippen LogP contribution in [0.4, 0.5) is 0 Å². The summed E-state index contributed by atoms with van der Waals surface area (Å²) in [6, 6.07) is 8.80. The van der Waals surface area contributed by atoms with Crippen LogP contribution < -0.4 is 16.0 Å². The van der Waals surface area contributed by atoms with E-state index in [1.807, 2.05) is 6.92 Å². The van der Waals surface area contributed by atoms with Crippen molar-refractivity contribution >= 4 is 11.9 Å². The molecule has 1 saturated heterocycles. The zero-order valence-electron chi connectivity index (χ0n) is 18.3. The fourth-order valence-electron chi connectivity index (χ4n) is 4.06. The molecule has 1 aromatic carbocycles. The molecule has 1 amide bonds. The molecule has 3 N–H and O–H groups in total. The minimum atomic E-state index is 0.0419. The normalized spacial score (nSPS) is 18.8. The summed E-state index contributed by atoms with van der Waals surface area (Å²) in [5.41, 5.74) is 2.52. The Morgan fingerprint density at radius 3 is 2.57 bits per heavy atom. The first kappa shape index (κ1) is 22.6. The van der Waals surface area contributed by atoms with E-state index in [-0.39, 0.29) is 12.5 Å². The van der Waals surface area contributed by atoms with Crippen molar-refractivity contribution in [1.82, 2.24) is 20.9 Å². The molecule has 1 heterocycles. The molecule has 2 fully saturated rings. The Labute approximate surface area is 180 Å². The van der Waals surface area contributed by atoms with Gasteiger partial charge in [-0.2, -0.15) is 0 Å². The van der Waals surface area contributed by atoms with Gasteiger partial charge in [-0.3, -0.25) is 9.69 Å². The Kier molecular flexibility index (Phi) is 9.44. The van der Waals surface area contributed by atoms with E-state index in [0.717, 1.165) is 52.2 Å². The van der Waals surface area contributed by atoms with Gasteiger partial charge >= 0.3 is 0 Å². The minimum Gasteiger partial charge on any atom is -0.379 e. The summed E-state index contributed by atoms with van der Waals surface area (Å²) in [4.78, 5) is 19.4. The van der Waals surface area contributed by atoms with Gasteiger partial charge in [-0.05, 0) is 30.9 Å². The molecule has 0 bridgehead atoms. The van der Waals surface area contributed by atoms with Crippen molar-refractivity contribution in [3.63, 3.8) is 0 Å². The van der Waals surface area contributed by atoms with Crippen LogP contribution in [0.5, 0.6) is 0 Å². The molecule has 0 atom stereocenters. The lowest BCUT2D eigenvalue weighted by atomic mass is 9.95. The molecule has 166 valence electrons. The largest absolute Gasteiger partial charge is 0.379 e. The van der Waals surface area contributed by atoms with Crippen molar-refractivity contribution in [3.8, 4) is 0 Å². The first-order chi connectivity index (χ1) is 14.7. The predicted molar refractivity (Wildman–Crippen MR) is 120 cm³/mol. The summed E-state index contributed by atoms with van der Waals surface area (Å²) in [6.07, 6.45) is 5.91. The highest BCUT2D eigenvalue weighted by molar-refractivity contribution is 5.86. The summed E-state index contributed by atoms with van der Waals surface area (Å²) < 4.78 is 5.45. The average molecular weight is 416 g/mol. The Balaban J connectivity index is 1.53. The second kappa shape index (κ2) is 12.5. The molecular weight excluding hydrogens is 378 g/mol. The average Bonchev–Trinajstić information content (AvgIpc) is 2.78. The first-order valence-corrected chi connectivity index (χ1v) is 11.4. The van der Waals surface area contributed by atoms with Crippen LogP contribution in [-0.2, 0) is 22.6 Å². The van der Waals surface area contributed by atoms with E-state index >= 15 is 0 Å². The summed E-state index contributed by atoms with van der Waals surface area (Å²) >= 11 is 0. The van der Waals surface area contributed by atoms with E-state index in [0.29, 0.717) is 18.5 Å². The van der Waals surface area contributed by atoms with Crippen molar-refractivity contribution in [1.29, 1.82) is 0 Å². The van der Waals surface area contributed by atoms with E-state index in [9.17, 15) is 4.79 Å². The highest BCUT2D eigenvalue weighted by Crippen LogP contribution is 2.17. The molecule has 1 aliphatic heterocycles. The highest BCUT2D eigenvalue weighted by Gasteiger charge is 2.16. The van der Waals surface area contributed by atoms with Gasteiger partial charge in [-0.1, -0.05) is 43.5 Å². The molecule has 30 heavy (non-hydrogen) atoms. The summed E-state index contributed by atoms with van der Waals surface area (Å²) in [5, 5.41) is 9.57. The van der Waals surface area contributed by atoms with Gasteiger partial charge in [-0.25, -0.2) is 4.99 Å². The number of nitrogens with one attached hydrogen (secondary N) is 3. The second-order valence-electron chi connectivity index (χ2n) is 8.11. The number of ether oxygens (including phenoxy) is 1. The lowest BCUT2D eigenvalue weighted by Gasteiger charge is -2.27. The maximum absolute atomic E-state index is 12.3. The molecule has 0 unspecified atom stereocenters. The molecule has 7 heteroatoms. The third-order valence-electron chi connectivity index (χ3n) is 5.75. The highest BCUT2D eigenvalue weighted by atomic mass is 16.5. The number of amides is 1. The molecule has 2 aliphatic rings. The van der Waals surface area contributed by atoms with Crippen molar-refractivity contribution < 1.29 is 9.53 Å². The van der Waals surface area contributed by atoms with Crippen molar-refractivity contribution in [3.05, 3.63) is 35.4 Å². The molecule has 1 aromatic rings. The van der Waals surface area contributed by atoms with Crippen molar-refractivity contribution in [2.24, 2.45) is 4.99 Å². The van der Waals surface area contributed by atoms with E-state index in [2.05, 4.69) is 45.1 Å². The number of nitrogens with zero attached hydrogens (tertiary/aromatic N) is 2. The van der Waals surface area contributed by atoms with Gasteiger partial charge in [0.25, 0.3) is 0 Å². The number of rotatable bonds is 8. The van der Waals surface area contributed by atoms with E-state index in [4.69, 9.17) is 9.73 Å². The fraction of sp³-hybridized carbons (Fsp3) is 0.652. The number of carbonyl (C=O) groups excluding carboxylic acids is 1. The summed E-state index contributed by atoms with van der Waals surface area (Å²) in [6.45, 7) is 8.09. The monoisotopic (exact) mass is 415 g/mol. The molecule has 0 radical (unpaired) electrons. The van der Waals surface area contributed by atoms with Crippen LogP contribution in [0.25, 0.3) is 0 Å². The molecule has 0 spiro atoms. The zero-order chi connectivity index (χ0) is 21.0. The van der Waals surface area contributed by atoms with Gasteiger partial charge in [0.2, 0.25) is 5.91 Å². The second-order valence-corrected chi connectivity index (χ2v) is 8.11. The number of hydrogen-bond acceptors (Lipinski definition) is 4. The van der Waals surface area contributed by atoms with Crippen LogP contribution in [0.1, 0.15) is 50.2 Å². The van der Waals surface area contributed by atoms with Gasteiger partial charge in [0.05, 0.1) is 26.3 Å². The van der Waals surface area contributed by atoms with Crippen LogP contribution in [0.3, 0.4) is 0 Å². The van der Waals surface area contributed by atoms with Crippen molar-refractivity contribution in [2.45, 2.75) is 58.2 Å². The Morgan fingerprint density at radius 1 is 1.10 bits per heavy atom. The first-order valence-electron chi connectivity index (χ1n) is 11.4. The number of aliphatic imine (C=N–C) groups is 1. The third-order valence-corrected chi connectivity index (χ3v) is 5.75. The summed E-state index contributed by atoms with van der Waals surface area (Å²) in [5.74, 6) is 0.720. The quantitative estimate of drug-likeness (QED) is 0.447. The Morgan fingerprint density at radius 2 is 1.83 bits per heavy atom. The SMILES string of the molecule is CCNC(=NCc1ccccc1CN1CCOCC1)NCC(=O)NC1CCCCC1. The summed E-state index contributed by atoms with van der Waals surface area (Å²) in [7, 11) is 0. The van der Waals surface area contributed by atoms with Crippen LogP contribution in [0.15, 0.2) is 29.3 Å². The van der Waals surface area contributed by atoms with Crippen LogP contribution in [0, 0.1) is 0 Å². The number of guanidine groups is 1. The lowest BCUT2D eigenvalue weighted by Crippen LogP contribution is -2.46. The number of morpholine rings is 1. The van der Waals surface area contributed by atoms with Crippen LogP contribution >= 0.6 is 0 Å². The van der Waals surface area contributed by atoms with Crippen LogP contribution in [0.2, 0.25) is 0 Å². The van der Waals surface area contributed by atoms with Crippen LogP contribution in [-0.4, -0.2) is 62.2 Å². The number of benzene rings is 1. The lowest BCUT2D eigenvalue weighted by molar-refractivity contribution is -0.120. The molecule has 3 rings (SSSR count). The topological polar surface area (TPSA) is 78.0 Å². The number of hydrogen-bond donors (Lipinski definition) is 3. The van der Waals surface area contributed by atoms with E-state index in [1.165, 1.54) is 30.4 Å². The van der Waals surface area contributed by atoms with Gasteiger partial charge in [0.15, 0.2) is 5.96 Å². The Hall–Kier alpha value is -2.12. The van der Waals surface area contributed by atoms with Gasteiger partial charge in [-0.15, -0.1) is 0 Å². The third kappa shape index (κ3) is 7.61. The molecule has 1 aliphatic carbocycles. The van der Waals surface area contributed by atoms with E-state index < -0.39 is 0 Å². The Bertz CT molecular complexity index is 682. The number of carbonyl (C=O) groups is 1.